The highest BCUT2D eigenvalue weighted by Gasteiger charge is 2.00. The van der Waals surface area contributed by atoms with E-state index < -0.39 is 0 Å². The van der Waals surface area contributed by atoms with E-state index >= 15 is 0 Å². The van der Waals surface area contributed by atoms with Crippen molar-refractivity contribution in [1.29, 1.82) is 0 Å². The lowest BCUT2D eigenvalue weighted by atomic mass is 9.99. The van der Waals surface area contributed by atoms with Crippen molar-refractivity contribution >= 4 is 10.8 Å². The van der Waals surface area contributed by atoms with Crippen LogP contribution in [0.4, 0.5) is 0 Å². The van der Waals surface area contributed by atoms with Gasteiger partial charge in [0.2, 0.25) is 0 Å². The van der Waals surface area contributed by atoms with E-state index in [9.17, 15) is 0 Å². The normalized spacial score (nSPS) is 10.8. The fourth-order valence-corrected chi connectivity index (χ4v) is 2.04. The molecular formula is C15H18. The molecular weight excluding hydrogens is 180 g/mol. The maximum Gasteiger partial charge on any atom is -0.0149 e. The molecule has 0 bridgehead atoms. The summed E-state index contributed by atoms with van der Waals surface area (Å²) < 4.78 is 0. The Bertz CT molecular complexity index is 455. The standard InChI is InChI=1S/C15H18/c1-3-4-6-13-7-5-8-14-10-9-12(2)11-15(13)14/h5,7-11H,3-4,6H2,1-2H3. The zero-order chi connectivity index (χ0) is 10.7. The van der Waals surface area contributed by atoms with Crippen LogP contribution in [0.2, 0.25) is 0 Å². The molecule has 0 spiro atoms. The van der Waals surface area contributed by atoms with Crippen LogP contribution in [0.25, 0.3) is 10.8 Å². The van der Waals surface area contributed by atoms with E-state index in [0.29, 0.717) is 0 Å². The molecule has 2 rings (SSSR count). The van der Waals surface area contributed by atoms with E-state index in [-0.39, 0.29) is 0 Å². The molecule has 0 aromatic heterocycles. The molecule has 0 aliphatic heterocycles. The molecule has 0 amide bonds. The minimum atomic E-state index is 1.21. The highest BCUT2D eigenvalue weighted by atomic mass is 14.0. The molecule has 0 saturated carbocycles. The summed E-state index contributed by atoms with van der Waals surface area (Å²) in [5.41, 5.74) is 2.85. The third-order valence-corrected chi connectivity index (χ3v) is 2.93. The molecule has 0 unspecified atom stereocenters. The molecule has 2 aromatic rings. The fraction of sp³-hybridized carbons (Fsp3) is 0.333. The Labute approximate surface area is 91.9 Å². The first-order valence-electron chi connectivity index (χ1n) is 5.79. The van der Waals surface area contributed by atoms with Crippen molar-refractivity contribution in [3.63, 3.8) is 0 Å². The Balaban J connectivity index is 2.48. The first kappa shape index (κ1) is 10.2. The molecule has 0 heterocycles. The third kappa shape index (κ3) is 2.20. The van der Waals surface area contributed by atoms with Crippen molar-refractivity contribution in [2.75, 3.05) is 0 Å². The second-order valence-electron chi connectivity index (χ2n) is 4.25. The van der Waals surface area contributed by atoms with E-state index in [1.54, 1.807) is 0 Å². The van der Waals surface area contributed by atoms with Gasteiger partial charge in [-0.15, -0.1) is 0 Å². The molecule has 0 N–H and O–H groups in total. The summed E-state index contributed by atoms with van der Waals surface area (Å²) in [6.07, 6.45) is 3.76. The lowest BCUT2D eigenvalue weighted by Gasteiger charge is -2.06. The summed E-state index contributed by atoms with van der Waals surface area (Å²) in [5, 5.41) is 2.81. The highest BCUT2D eigenvalue weighted by Crippen LogP contribution is 2.21. The molecule has 0 aliphatic rings. The van der Waals surface area contributed by atoms with Crippen molar-refractivity contribution in [3.05, 3.63) is 47.5 Å². The average Bonchev–Trinajstić information content (AvgIpc) is 2.26. The van der Waals surface area contributed by atoms with Gasteiger partial charge in [0, 0.05) is 0 Å². The van der Waals surface area contributed by atoms with E-state index in [1.807, 2.05) is 0 Å². The van der Waals surface area contributed by atoms with Crippen LogP contribution in [-0.2, 0) is 6.42 Å². The number of rotatable bonds is 3. The van der Waals surface area contributed by atoms with E-state index in [1.165, 1.54) is 41.2 Å². The van der Waals surface area contributed by atoms with Gasteiger partial charge in [-0.25, -0.2) is 0 Å². The molecule has 0 nitrogen and oxygen atoms in total. The predicted molar refractivity (Wildman–Crippen MR) is 67.3 cm³/mol. The van der Waals surface area contributed by atoms with Crippen LogP contribution in [0, 0.1) is 6.92 Å². The number of benzene rings is 2. The zero-order valence-corrected chi connectivity index (χ0v) is 9.59. The minimum absolute atomic E-state index is 1.21. The van der Waals surface area contributed by atoms with Gasteiger partial charge < -0.3 is 0 Å². The quantitative estimate of drug-likeness (QED) is 0.681. The lowest BCUT2D eigenvalue weighted by Crippen LogP contribution is -1.87. The average molecular weight is 198 g/mol. The summed E-state index contributed by atoms with van der Waals surface area (Å²) in [6, 6.07) is 13.3. The first-order chi connectivity index (χ1) is 7.31. The second kappa shape index (κ2) is 4.48. The molecule has 0 aliphatic carbocycles. The topological polar surface area (TPSA) is 0 Å². The maximum atomic E-state index is 2.31. The van der Waals surface area contributed by atoms with Crippen LogP contribution in [-0.4, -0.2) is 0 Å². The summed E-state index contributed by atoms with van der Waals surface area (Å²) in [5.74, 6) is 0. The van der Waals surface area contributed by atoms with Crippen LogP contribution in [0.3, 0.4) is 0 Å². The summed E-state index contributed by atoms with van der Waals surface area (Å²) >= 11 is 0. The van der Waals surface area contributed by atoms with Crippen LogP contribution in [0.5, 0.6) is 0 Å². The third-order valence-electron chi connectivity index (χ3n) is 2.93. The smallest absolute Gasteiger partial charge is 0.0149 e. The zero-order valence-electron chi connectivity index (χ0n) is 9.59. The molecule has 2 aromatic carbocycles. The van der Waals surface area contributed by atoms with Crippen molar-refractivity contribution in [3.8, 4) is 0 Å². The van der Waals surface area contributed by atoms with Gasteiger partial charge >= 0.3 is 0 Å². The number of fused-ring (bicyclic) bond motifs is 1. The van der Waals surface area contributed by atoms with E-state index in [2.05, 4.69) is 50.2 Å². The molecule has 0 atom stereocenters. The summed E-state index contributed by atoms with van der Waals surface area (Å²) in [4.78, 5) is 0. The van der Waals surface area contributed by atoms with Crippen molar-refractivity contribution in [2.45, 2.75) is 33.1 Å². The number of aryl methyl sites for hydroxylation is 2. The number of hydrogen-bond donors (Lipinski definition) is 0. The van der Waals surface area contributed by atoms with Gasteiger partial charge in [-0.1, -0.05) is 55.3 Å². The molecule has 0 fully saturated rings. The van der Waals surface area contributed by atoms with Gasteiger partial charge in [0.1, 0.15) is 0 Å². The molecule has 0 heteroatoms. The Morgan fingerprint density at radius 2 is 1.93 bits per heavy atom. The molecule has 78 valence electrons. The van der Waals surface area contributed by atoms with E-state index in [0.717, 1.165) is 0 Å². The van der Waals surface area contributed by atoms with Crippen molar-refractivity contribution < 1.29 is 0 Å². The molecule has 0 saturated heterocycles. The van der Waals surface area contributed by atoms with Gasteiger partial charge in [0.15, 0.2) is 0 Å². The van der Waals surface area contributed by atoms with Crippen LogP contribution >= 0.6 is 0 Å². The molecule has 0 radical (unpaired) electrons. The Hall–Kier alpha value is -1.30. The predicted octanol–water partition coefficient (Wildman–Crippen LogP) is 4.49. The summed E-state index contributed by atoms with van der Waals surface area (Å²) in [6.45, 7) is 4.41. The SMILES string of the molecule is CCCCc1cccc2ccc(C)cc12. The maximum absolute atomic E-state index is 2.31. The van der Waals surface area contributed by atoms with Crippen LogP contribution < -0.4 is 0 Å². The molecule has 15 heavy (non-hydrogen) atoms. The second-order valence-corrected chi connectivity index (χ2v) is 4.25. The Morgan fingerprint density at radius 3 is 2.73 bits per heavy atom. The Kier molecular flexibility index (Phi) is 3.05. The van der Waals surface area contributed by atoms with Gasteiger partial charge in [-0.2, -0.15) is 0 Å². The highest BCUT2D eigenvalue weighted by molar-refractivity contribution is 5.86. The van der Waals surface area contributed by atoms with Gasteiger partial charge in [0.05, 0.1) is 0 Å². The van der Waals surface area contributed by atoms with Crippen LogP contribution in [0.1, 0.15) is 30.9 Å². The first-order valence-corrected chi connectivity index (χ1v) is 5.79. The fourth-order valence-electron chi connectivity index (χ4n) is 2.04. The minimum Gasteiger partial charge on any atom is -0.0654 e. The number of hydrogen-bond acceptors (Lipinski definition) is 0. The van der Waals surface area contributed by atoms with Crippen molar-refractivity contribution in [1.82, 2.24) is 0 Å². The van der Waals surface area contributed by atoms with Gasteiger partial charge in [0.25, 0.3) is 0 Å². The number of unbranched alkanes of at least 4 members (excludes halogenated alkanes) is 1. The lowest BCUT2D eigenvalue weighted by molar-refractivity contribution is 0.799. The largest absolute Gasteiger partial charge is 0.0654 e. The Morgan fingerprint density at radius 1 is 1.07 bits per heavy atom. The monoisotopic (exact) mass is 198 g/mol. The van der Waals surface area contributed by atoms with Gasteiger partial charge in [-0.05, 0) is 36.1 Å². The van der Waals surface area contributed by atoms with Gasteiger partial charge in [-0.3, -0.25) is 0 Å². The van der Waals surface area contributed by atoms with Crippen LogP contribution in [0.15, 0.2) is 36.4 Å². The summed E-state index contributed by atoms with van der Waals surface area (Å²) in [7, 11) is 0. The van der Waals surface area contributed by atoms with Crippen molar-refractivity contribution in [2.24, 2.45) is 0 Å². The van der Waals surface area contributed by atoms with E-state index in [4.69, 9.17) is 0 Å².